The van der Waals surface area contributed by atoms with Crippen molar-refractivity contribution in [2.75, 3.05) is 57.4 Å². The van der Waals surface area contributed by atoms with Gasteiger partial charge in [-0.1, -0.05) is 0 Å². The second kappa shape index (κ2) is 11.7. The van der Waals surface area contributed by atoms with E-state index in [0.717, 1.165) is 83.4 Å². The zero-order valence-corrected chi connectivity index (χ0v) is 20.5. The van der Waals surface area contributed by atoms with Crippen molar-refractivity contribution < 1.29 is 9.47 Å². The molecule has 0 saturated carbocycles. The Morgan fingerprint density at radius 3 is 2.79 bits per heavy atom. The van der Waals surface area contributed by atoms with E-state index in [9.17, 15) is 0 Å². The topological polar surface area (TPSA) is 62.2 Å². The Morgan fingerprint density at radius 1 is 1.21 bits per heavy atom. The van der Waals surface area contributed by atoms with E-state index in [1.165, 1.54) is 18.0 Å². The molecule has 0 spiro atoms. The van der Waals surface area contributed by atoms with E-state index in [-0.39, 0.29) is 36.2 Å². The Kier molecular flexibility index (Phi) is 9.26. The highest BCUT2D eigenvalue weighted by Gasteiger charge is 2.32. The minimum Gasteiger partial charge on any atom is -0.375 e. The van der Waals surface area contributed by atoms with Crippen molar-refractivity contribution in [1.82, 2.24) is 15.2 Å². The van der Waals surface area contributed by atoms with Gasteiger partial charge in [-0.25, -0.2) is 4.98 Å². The molecule has 3 aliphatic heterocycles. The van der Waals surface area contributed by atoms with E-state index < -0.39 is 0 Å². The van der Waals surface area contributed by atoms with Crippen LogP contribution < -0.4 is 10.2 Å². The molecule has 4 heterocycles. The molecule has 4 rings (SSSR count). The predicted molar refractivity (Wildman–Crippen MR) is 129 cm³/mol. The molecular formula is C20H34IN5O2S. The molecule has 0 radical (unpaired) electrons. The summed E-state index contributed by atoms with van der Waals surface area (Å²) in [5.41, 5.74) is 1.16. The summed E-state index contributed by atoms with van der Waals surface area (Å²) in [7, 11) is 0. The number of nitrogens with one attached hydrogen (secondary N) is 1. The van der Waals surface area contributed by atoms with Crippen molar-refractivity contribution in [2.24, 2.45) is 4.99 Å². The Bertz CT molecular complexity index is 647. The summed E-state index contributed by atoms with van der Waals surface area (Å²) >= 11 is 1.77. The van der Waals surface area contributed by atoms with Crippen LogP contribution in [0.2, 0.25) is 0 Å². The molecule has 1 N–H and O–H groups in total. The zero-order valence-electron chi connectivity index (χ0n) is 17.3. The van der Waals surface area contributed by atoms with Gasteiger partial charge in [0.2, 0.25) is 0 Å². The highest BCUT2D eigenvalue weighted by molar-refractivity contribution is 14.0. The molecule has 164 valence electrons. The number of aliphatic imine (C=N–C) groups is 1. The molecule has 0 amide bonds. The largest absolute Gasteiger partial charge is 0.375 e. The predicted octanol–water partition coefficient (Wildman–Crippen LogP) is 2.75. The molecule has 3 saturated heterocycles. The second-order valence-electron chi connectivity index (χ2n) is 7.71. The maximum atomic E-state index is 5.98. The number of thiazole rings is 1. The van der Waals surface area contributed by atoms with Gasteiger partial charge in [0.1, 0.15) is 6.10 Å². The fraction of sp³-hybridized carbons (Fsp3) is 0.800. The van der Waals surface area contributed by atoms with Crippen LogP contribution in [-0.2, 0) is 15.9 Å². The number of halogens is 1. The summed E-state index contributed by atoms with van der Waals surface area (Å²) < 4.78 is 11.8. The van der Waals surface area contributed by atoms with Crippen LogP contribution in [0.1, 0.15) is 38.3 Å². The first-order valence-electron chi connectivity index (χ1n) is 10.8. The summed E-state index contributed by atoms with van der Waals surface area (Å²) in [4.78, 5) is 14.4. The standard InChI is InChI=1S/C20H33N5O2S.HI/c1-2-21-19(25-11-13-27-18(14-25)17-6-5-12-26-17)22-8-7-16-15-28-20(23-16)24-9-3-4-10-24;/h15,17-18H,2-14H2,1H3,(H,21,22);1H. The minimum absolute atomic E-state index is 0. The van der Waals surface area contributed by atoms with Gasteiger partial charge in [-0.2, -0.15) is 0 Å². The second-order valence-corrected chi connectivity index (χ2v) is 8.54. The van der Waals surface area contributed by atoms with Gasteiger partial charge >= 0.3 is 0 Å². The van der Waals surface area contributed by atoms with E-state index in [1.54, 1.807) is 11.3 Å². The summed E-state index contributed by atoms with van der Waals surface area (Å²) in [5.74, 6) is 0.990. The average Bonchev–Trinajstić information content (AvgIpc) is 3.49. The lowest BCUT2D eigenvalue weighted by atomic mass is 10.1. The van der Waals surface area contributed by atoms with Crippen LogP contribution in [0.25, 0.3) is 0 Å². The van der Waals surface area contributed by atoms with Gasteiger partial charge in [0, 0.05) is 57.7 Å². The van der Waals surface area contributed by atoms with Crippen molar-refractivity contribution in [3.05, 3.63) is 11.1 Å². The van der Waals surface area contributed by atoms with Crippen LogP contribution in [0.5, 0.6) is 0 Å². The fourth-order valence-corrected chi connectivity index (χ4v) is 5.07. The third kappa shape index (κ3) is 6.18. The number of nitrogens with zero attached hydrogens (tertiary/aromatic N) is 4. The molecule has 7 nitrogen and oxygen atoms in total. The normalized spacial score (nSPS) is 25.3. The first-order chi connectivity index (χ1) is 13.8. The fourth-order valence-electron chi connectivity index (χ4n) is 4.16. The van der Waals surface area contributed by atoms with Gasteiger partial charge in [-0.15, -0.1) is 35.3 Å². The summed E-state index contributed by atoms with van der Waals surface area (Å²) in [6.45, 7) is 9.39. The van der Waals surface area contributed by atoms with Crippen molar-refractivity contribution in [3.8, 4) is 0 Å². The van der Waals surface area contributed by atoms with Crippen LogP contribution in [0, 0.1) is 0 Å². The van der Waals surface area contributed by atoms with Crippen molar-refractivity contribution in [1.29, 1.82) is 0 Å². The molecule has 3 aliphatic rings. The Hall–Kier alpha value is -0.650. The highest BCUT2D eigenvalue weighted by atomic mass is 127. The number of rotatable bonds is 6. The lowest BCUT2D eigenvalue weighted by Gasteiger charge is -2.37. The molecule has 3 fully saturated rings. The number of aromatic nitrogens is 1. The molecule has 9 heteroatoms. The van der Waals surface area contributed by atoms with Gasteiger partial charge in [0.05, 0.1) is 18.4 Å². The van der Waals surface area contributed by atoms with E-state index >= 15 is 0 Å². The SMILES string of the molecule is CCNC(=NCCc1csc(N2CCCC2)n1)N1CCOC(C2CCCO2)C1.I. The molecule has 2 atom stereocenters. The number of anilines is 1. The van der Waals surface area contributed by atoms with E-state index in [1.807, 2.05) is 0 Å². The third-order valence-electron chi connectivity index (χ3n) is 5.65. The van der Waals surface area contributed by atoms with E-state index in [4.69, 9.17) is 19.5 Å². The van der Waals surface area contributed by atoms with Crippen LogP contribution >= 0.6 is 35.3 Å². The van der Waals surface area contributed by atoms with Crippen molar-refractivity contribution in [3.63, 3.8) is 0 Å². The van der Waals surface area contributed by atoms with Gasteiger partial charge in [0.15, 0.2) is 11.1 Å². The van der Waals surface area contributed by atoms with E-state index in [0.29, 0.717) is 0 Å². The molecule has 1 aromatic rings. The maximum absolute atomic E-state index is 5.98. The maximum Gasteiger partial charge on any atom is 0.194 e. The molecule has 0 bridgehead atoms. The van der Waals surface area contributed by atoms with Gasteiger partial charge in [-0.05, 0) is 32.6 Å². The molecule has 2 unspecified atom stereocenters. The highest BCUT2D eigenvalue weighted by Crippen LogP contribution is 2.24. The zero-order chi connectivity index (χ0) is 19.2. The number of hydrogen-bond acceptors (Lipinski definition) is 6. The molecule has 0 aliphatic carbocycles. The van der Waals surface area contributed by atoms with Gasteiger partial charge < -0.3 is 24.6 Å². The van der Waals surface area contributed by atoms with Gasteiger partial charge in [0.25, 0.3) is 0 Å². The summed E-state index contributed by atoms with van der Waals surface area (Å²) in [6.07, 6.45) is 6.11. The summed E-state index contributed by atoms with van der Waals surface area (Å²) in [6, 6.07) is 0. The van der Waals surface area contributed by atoms with Crippen LogP contribution in [-0.4, -0.2) is 80.5 Å². The van der Waals surface area contributed by atoms with Crippen LogP contribution in [0.4, 0.5) is 5.13 Å². The number of hydrogen-bond donors (Lipinski definition) is 1. The first kappa shape index (κ1) is 23.0. The van der Waals surface area contributed by atoms with Crippen molar-refractivity contribution >= 4 is 46.4 Å². The minimum atomic E-state index is 0. The molecule has 0 aromatic carbocycles. The third-order valence-corrected chi connectivity index (χ3v) is 6.60. The van der Waals surface area contributed by atoms with Gasteiger partial charge in [-0.3, -0.25) is 4.99 Å². The Balaban J connectivity index is 0.00000240. The molecule has 29 heavy (non-hydrogen) atoms. The lowest BCUT2D eigenvalue weighted by Crippen LogP contribution is -2.53. The average molecular weight is 535 g/mol. The monoisotopic (exact) mass is 535 g/mol. The van der Waals surface area contributed by atoms with Crippen LogP contribution in [0.15, 0.2) is 10.4 Å². The molecule has 1 aromatic heterocycles. The smallest absolute Gasteiger partial charge is 0.194 e. The number of morpholine rings is 1. The lowest BCUT2D eigenvalue weighted by molar-refractivity contribution is -0.0817. The van der Waals surface area contributed by atoms with Crippen LogP contribution in [0.3, 0.4) is 0 Å². The van der Waals surface area contributed by atoms with E-state index in [2.05, 4.69) is 27.4 Å². The number of guanidine groups is 1. The Labute approximate surface area is 195 Å². The number of ether oxygens (including phenoxy) is 2. The van der Waals surface area contributed by atoms with Crippen molar-refractivity contribution in [2.45, 2.75) is 51.2 Å². The molecular weight excluding hydrogens is 501 g/mol. The Morgan fingerprint density at radius 2 is 2.03 bits per heavy atom. The summed E-state index contributed by atoms with van der Waals surface area (Å²) in [5, 5.41) is 6.82. The first-order valence-corrected chi connectivity index (χ1v) is 11.7. The quantitative estimate of drug-likeness (QED) is 0.344.